The van der Waals surface area contributed by atoms with E-state index in [1.807, 2.05) is 42.2 Å². The lowest BCUT2D eigenvalue weighted by Gasteiger charge is -2.27. The number of hydrogen-bond acceptors (Lipinski definition) is 3. The van der Waals surface area contributed by atoms with Crippen molar-refractivity contribution in [2.24, 2.45) is 5.73 Å². The molecule has 1 aromatic carbocycles. The number of carbonyl (C=O) groups excluding carboxylic acids is 1. The van der Waals surface area contributed by atoms with Crippen LogP contribution in [0.25, 0.3) is 0 Å². The van der Waals surface area contributed by atoms with Crippen LogP contribution in [0.4, 0.5) is 0 Å². The smallest absolute Gasteiger partial charge is 0.237 e. The van der Waals surface area contributed by atoms with Gasteiger partial charge in [-0.05, 0) is 12.5 Å². The molecule has 4 heteroatoms. The number of nitrogens with zero attached hydrogens (tertiary/aromatic N) is 1. The zero-order valence-corrected chi connectivity index (χ0v) is 11.3. The van der Waals surface area contributed by atoms with Gasteiger partial charge in [0.1, 0.15) is 0 Å². The molecule has 1 atom stereocenters. The third kappa shape index (κ3) is 5.12. The molecule has 0 saturated heterocycles. The zero-order valence-electron chi connectivity index (χ0n) is 11.3. The molecule has 0 aliphatic rings. The SMILES string of the molecule is C#CCNC(=O)C(C)N(CCN)Cc1ccccc1. The summed E-state index contributed by atoms with van der Waals surface area (Å²) in [6, 6.07) is 9.76. The summed E-state index contributed by atoms with van der Waals surface area (Å²) in [4.78, 5) is 14.0. The topological polar surface area (TPSA) is 58.4 Å². The lowest BCUT2D eigenvalue weighted by atomic mass is 10.1. The van der Waals surface area contributed by atoms with Gasteiger partial charge >= 0.3 is 0 Å². The van der Waals surface area contributed by atoms with Crippen LogP contribution in [0.15, 0.2) is 30.3 Å². The normalized spacial score (nSPS) is 11.9. The van der Waals surface area contributed by atoms with E-state index in [9.17, 15) is 4.79 Å². The van der Waals surface area contributed by atoms with Gasteiger partial charge in [-0.2, -0.15) is 0 Å². The average molecular weight is 259 g/mol. The van der Waals surface area contributed by atoms with Crippen molar-refractivity contribution in [3.8, 4) is 12.3 Å². The predicted molar refractivity (Wildman–Crippen MR) is 77.2 cm³/mol. The highest BCUT2D eigenvalue weighted by atomic mass is 16.2. The summed E-state index contributed by atoms with van der Waals surface area (Å²) < 4.78 is 0. The maximum absolute atomic E-state index is 11.9. The van der Waals surface area contributed by atoms with Crippen molar-refractivity contribution in [3.63, 3.8) is 0 Å². The van der Waals surface area contributed by atoms with E-state index in [2.05, 4.69) is 11.2 Å². The first-order valence-corrected chi connectivity index (χ1v) is 6.38. The molecule has 1 amide bonds. The van der Waals surface area contributed by atoms with Gasteiger partial charge in [0.05, 0.1) is 12.6 Å². The first-order valence-electron chi connectivity index (χ1n) is 6.38. The van der Waals surface area contributed by atoms with Gasteiger partial charge in [0.2, 0.25) is 5.91 Å². The molecule has 0 aliphatic heterocycles. The molecule has 0 aromatic heterocycles. The third-order valence-electron chi connectivity index (χ3n) is 2.94. The molecule has 0 aliphatic carbocycles. The first kappa shape index (κ1) is 15.2. The summed E-state index contributed by atoms with van der Waals surface area (Å²) in [7, 11) is 0. The van der Waals surface area contributed by atoms with Crippen molar-refractivity contribution in [2.75, 3.05) is 19.6 Å². The Morgan fingerprint density at radius 3 is 2.74 bits per heavy atom. The monoisotopic (exact) mass is 259 g/mol. The van der Waals surface area contributed by atoms with E-state index in [1.165, 1.54) is 0 Å². The molecule has 0 radical (unpaired) electrons. The summed E-state index contributed by atoms with van der Waals surface area (Å²) in [6.45, 7) is 4.00. The molecule has 3 N–H and O–H groups in total. The Hall–Kier alpha value is -1.83. The van der Waals surface area contributed by atoms with Gasteiger partial charge < -0.3 is 11.1 Å². The molecule has 0 fully saturated rings. The minimum Gasteiger partial charge on any atom is -0.344 e. The molecule has 0 bridgehead atoms. The molecule has 19 heavy (non-hydrogen) atoms. The van der Waals surface area contributed by atoms with E-state index < -0.39 is 0 Å². The van der Waals surface area contributed by atoms with Gasteiger partial charge in [-0.3, -0.25) is 9.69 Å². The minimum atomic E-state index is -0.253. The lowest BCUT2D eigenvalue weighted by Crippen LogP contribution is -2.46. The van der Waals surface area contributed by atoms with E-state index >= 15 is 0 Å². The van der Waals surface area contributed by atoms with Crippen LogP contribution in [0.1, 0.15) is 12.5 Å². The Balaban J connectivity index is 2.66. The van der Waals surface area contributed by atoms with E-state index in [1.54, 1.807) is 0 Å². The van der Waals surface area contributed by atoms with Gasteiger partial charge in [-0.1, -0.05) is 36.3 Å². The molecule has 0 saturated carbocycles. The third-order valence-corrected chi connectivity index (χ3v) is 2.94. The van der Waals surface area contributed by atoms with Crippen LogP contribution in [0.5, 0.6) is 0 Å². The average Bonchev–Trinajstić information content (AvgIpc) is 2.44. The van der Waals surface area contributed by atoms with Crippen LogP contribution in [0.3, 0.4) is 0 Å². The number of carbonyl (C=O) groups is 1. The van der Waals surface area contributed by atoms with Gasteiger partial charge in [-0.25, -0.2) is 0 Å². The Bertz CT molecular complexity index is 425. The van der Waals surface area contributed by atoms with Gasteiger partial charge in [0, 0.05) is 19.6 Å². The molecule has 102 valence electrons. The Morgan fingerprint density at radius 2 is 2.16 bits per heavy atom. The van der Waals surface area contributed by atoms with Crippen molar-refractivity contribution in [3.05, 3.63) is 35.9 Å². The van der Waals surface area contributed by atoms with Crippen LogP contribution in [-0.2, 0) is 11.3 Å². The fourth-order valence-electron chi connectivity index (χ4n) is 1.85. The predicted octanol–water partition coefficient (Wildman–Crippen LogP) is 0.585. The summed E-state index contributed by atoms with van der Waals surface area (Å²) >= 11 is 0. The molecule has 1 unspecified atom stereocenters. The Morgan fingerprint density at radius 1 is 1.47 bits per heavy atom. The molecule has 0 heterocycles. The van der Waals surface area contributed by atoms with E-state index in [0.29, 0.717) is 19.6 Å². The van der Waals surface area contributed by atoms with Crippen molar-refractivity contribution in [1.29, 1.82) is 0 Å². The summed E-state index contributed by atoms with van der Waals surface area (Å²) in [5, 5.41) is 2.70. The second-order valence-electron chi connectivity index (χ2n) is 4.34. The first-order chi connectivity index (χ1) is 9.19. The minimum absolute atomic E-state index is 0.0673. The highest BCUT2D eigenvalue weighted by Gasteiger charge is 2.20. The van der Waals surface area contributed by atoms with Crippen molar-refractivity contribution in [2.45, 2.75) is 19.5 Å². The van der Waals surface area contributed by atoms with Gasteiger partial charge in [-0.15, -0.1) is 6.42 Å². The molecular formula is C15H21N3O. The lowest BCUT2D eigenvalue weighted by molar-refractivity contribution is -0.125. The molecule has 4 nitrogen and oxygen atoms in total. The van der Waals surface area contributed by atoms with Crippen LogP contribution in [-0.4, -0.2) is 36.5 Å². The Labute approximate surface area is 115 Å². The summed E-state index contributed by atoms with van der Waals surface area (Å²) in [5.41, 5.74) is 6.78. The van der Waals surface area contributed by atoms with Gasteiger partial charge in [0.15, 0.2) is 0 Å². The fraction of sp³-hybridized carbons (Fsp3) is 0.400. The molecule has 1 rings (SSSR count). The highest BCUT2D eigenvalue weighted by Crippen LogP contribution is 2.08. The number of hydrogen-bond donors (Lipinski definition) is 2. The quantitative estimate of drug-likeness (QED) is 0.704. The van der Waals surface area contributed by atoms with Crippen molar-refractivity contribution in [1.82, 2.24) is 10.2 Å². The summed E-state index contributed by atoms with van der Waals surface area (Å²) in [6.07, 6.45) is 5.14. The van der Waals surface area contributed by atoms with Gasteiger partial charge in [0.25, 0.3) is 0 Å². The number of nitrogens with two attached hydrogens (primary N) is 1. The van der Waals surface area contributed by atoms with Crippen LogP contribution in [0.2, 0.25) is 0 Å². The molecule has 1 aromatic rings. The number of nitrogens with one attached hydrogen (secondary N) is 1. The van der Waals surface area contributed by atoms with Crippen LogP contribution in [0, 0.1) is 12.3 Å². The largest absolute Gasteiger partial charge is 0.344 e. The maximum atomic E-state index is 11.9. The van der Waals surface area contributed by atoms with E-state index in [0.717, 1.165) is 5.56 Å². The van der Waals surface area contributed by atoms with E-state index in [4.69, 9.17) is 12.2 Å². The van der Waals surface area contributed by atoms with Crippen molar-refractivity contribution < 1.29 is 4.79 Å². The highest BCUT2D eigenvalue weighted by molar-refractivity contribution is 5.81. The Kier molecular flexibility index (Phi) is 6.65. The number of terminal acetylenes is 1. The second kappa shape index (κ2) is 8.30. The fourth-order valence-corrected chi connectivity index (χ4v) is 1.85. The number of amides is 1. The number of benzene rings is 1. The molecule has 0 spiro atoms. The van der Waals surface area contributed by atoms with Crippen LogP contribution < -0.4 is 11.1 Å². The van der Waals surface area contributed by atoms with Crippen molar-refractivity contribution >= 4 is 5.91 Å². The zero-order chi connectivity index (χ0) is 14.1. The number of rotatable bonds is 7. The molecular weight excluding hydrogens is 238 g/mol. The second-order valence-corrected chi connectivity index (χ2v) is 4.34. The van der Waals surface area contributed by atoms with E-state index in [-0.39, 0.29) is 18.5 Å². The maximum Gasteiger partial charge on any atom is 0.237 e. The standard InChI is InChI=1S/C15H21N3O/c1-3-10-17-15(19)13(2)18(11-9-16)12-14-7-5-4-6-8-14/h1,4-8,13H,9-12,16H2,2H3,(H,17,19). The summed E-state index contributed by atoms with van der Waals surface area (Å²) in [5.74, 6) is 2.33. The van der Waals surface area contributed by atoms with Crippen LogP contribution >= 0.6 is 0 Å².